The Morgan fingerprint density at radius 3 is 1.38 bits per heavy atom. The fraction of sp³-hybridized carbons (Fsp3) is 0.176. The minimum Gasteiger partial charge on any atom is -0.468 e. The molecule has 0 fully saturated rings. The number of rotatable bonds is 7. The molecule has 0 aliphatic rings. The van der Waals surface area contributed by atoms with Crippen molar-refractivity contribution in [3.05, 3.63) is 131 Å². The highest BCUT2D eigenvalue weighted by molar-refractivity contribution is 7.80. The van der Waals surface area contributed by atoms with E-state index in [0.29, 0.717) is 27.2 Å². The molecular formula is C34H36N2O5S. The van der Waals surface area contributed by atoms with Gasteiger partial charge in [0.15, 0.2) is 0 Å². The molecule has 0 heterocycles. The Hall–Kier alpha value is -4.82. The van der Waals surface area contributed by atoms with Crippen molar-refractivity contribution < 1.29 is 23.9 Å². The molecule has 4 aromatic rings. The summed E-state index contributed by atoms with van der Waals surface area (Å²) < 4.78 is 9.15. The fourth-order valence-electron chi connectivity index (χ4n) is 3.54. The Morgan fingerprint density at radius 2 is 0.952 bits per heavy atom. The van der Waals surface area contributed by atoms with Gasteiger partial charge in [0.25, 0.3) is 5.91 Å². The third kappa shape index (κ3) is 11.7. The molecule has 0 radical (unpaired) electrons. The maximum Gasteiger partial charge on any atom is 0.325 e. The van der Waals surface area contributed by atoms with Gasteiger partial charge >= 0.3 is 11.9 Å². The average molecular weight is 585 g/mol. The zero-order valence-electron chi connectivity index (χ0n) is 24.3. The van der Waals surface area contributed by atoms with E-state index in [2.05, 4.69) is 58.2 Å². The summed E-state index contributed by atoms with van der Waals surface area (Å²) in [6.45, 7) is 3.87. The lowest BCUT2D eigenvalue weighted by molar-refractivity contribution is -0.140. The topological polar surface area (TPSA) is 93.7 Å². The van der Waals surface area contributed by atoms with Crippen LogP contribution in [-0.2, 0) is 19.1 Å². The first-order chi connectivity index (χ1) is 20.3. The number of hydrogen-bond acceptors (Lipinski definition) is 6. The average Bonchev–Trinajstić information content (AvgIpc) is 3.03. The van der Waals surface area contributed by atoms with E-state index >= 15 is 0 Å². The van der Waals surface area contributed by atoms with Crippen LogP contribution in [0.3, 0.4) is 0 Å². The molecule has 4 rings (SSSR count). The van der Waals surface area contributed by atoms with Gasteiger partial charge in [-0.25, -0.2) is 0 Å². The normalized spacial score (nSPS) is 9.52. The fourth-order valence-corrected chi connectivity index (χ4v) is 3.79. The number of methoxy groups -OCH3 is 2. The zero-order valence-corrected chi connectivity index (χ0v) is 25.1. The monoisotopic (exact) mass is 584 g/mol. The van der Waals surface area contributed by atoms with Gasteiger partial charge in [-0.1, -0.05) is 126 Å². The van der Waals surface area contributed by atoms with Crippen LogP contribution < -0.4 is 10.6 Å². The lowest BCUT2D eigenvalue weighted by atomic mass is 9.95. The molecule has 0 aromatic heterocycles. The summed E-state index contributed by atoms with van der Waals surface area (Å²) in [6, 6.07) is 34.8. The molecule has 0 saturated carbocycles. The van der Waals surface area contributed by atoms with Crippen LogP contribution in [0.2, 0.25) is 0 Å². The van der Waals surface area contributed by atoms with Crippen molar-refractivity contribution in [2.24, 2.45) is 0 Å². The van der Waals surface area contributed by atoms with Crippen molar-refractivity contribution >= 4 is 35.1 Å². The Labute approximate surface area is 252 Å². The van der Waals surface area contributed by atoms with Crippen molar-refractivity contribution in [2.75, 3.05) is 27.3 Å². The van der Waals surface area contributed by atoms with Crippen LogP contribution >= 0.6 is 12.2 Å². The number of hydrogen-bond donors (Lipinski definition) is 2. The van der Waals surface area contributed by atoms with Gasteiger partial charge in [0.1, 0.15) is 18.1 Å². The van der Waals surface area contributed by atoms with Crippen LogP contribution in [0, 0.1) is 13.8 Å². The number of ether oxygens (including phenoxy) is 2. The number of carbonyl (C=O) groups excluding carboxylic acids is 3. The summed E-state index contributed by atoms with van der Waals surface area (Å²) >= 11 is 5.40. The van der Waals surface area contributed by atoms with Crippen LogP contribution in [-0.4, -0.2) is 50.1 Å². The molecule has 8 heteroatoms. The zero-order chi connectivity index (χ0) is 30.7. The molecule has 0 bridgehead atoms. The van der Waals surface area contributed by atoms with E-state index in [9.17, 15) is 14.4 Å². The summed E-state index contributed by atoms with van der Waals surface area (Å²) in [6.07, 6.45) is 0. The van der Waals surface area contributed by atoms with Crippen molar-refractivity contribution in [1.82, 2.24) is 10.6 Å². The van der Waals surface area contributed by atoms with E-state index in [-0.39, 0.29) is 13.1 Å². The molecule has 218 valence electrons. The third-order valence-electron chi connectivity index (χ3n) is 5.76. The first-order valence-electron chi connectivity index (χ1n) is 13.2. The number of benzene rings is 4. The molecule has 0 aliphatic heterocycles. The largest absolute Gasteiger partial charge is 0.468 e. The van der Waals surface area contributed by atoms with E-state index in [1.165, 1.54) is 25.3 Å². The van der Waals surface area contributed by atoms with E-state index < -0.39 is 17.8 Å². The molecule has 0 unspecified atom stereocenters. The summed E-state index contributed by atoms with van der Waals surface area (Å²) in [4.78, 5) is 35.6. The van der Waals surface area contributed by atoms with Gasteiger partial charge in [0.05, 0.1) is 14.2 Å². The number of thiocarbonyl (C=S) groups is 1. The second kappa shape index (κ2) is 18.5. The smallest absolute Gasteiger partial charge is 0.325 e. The molecule has 0 spiro atoms. The lowest BCUT2D eigenvalue weighted by Crippen LogP contribution is -2.31. The predicted octanol–water partition coefficient (Wildman–Crippen LogP) is 5.68. The standard InChI is InChI=1S/C20H20N2O5S.2C7H8/c1-26-17(23)11-21-19(25)15-9-5-3-7-13(15)14-8-4-6-10-16(14)20(28)22-12-18(24)27-2;2*1-7-5-3-2-4-6-7/h3-10H,11-12H2,1-2H3,(H,21,25)(H,22,28);2*2-6H,1H3. The van der Waals surface area contributed by atoms with Crippen molar-refractivity contribution in [3.63, 3.8) is 0 Å². The molecule has 7 nitrogen and oxygen atoms in total. The minimum absolute atomic E-state index is 0.0646. The molecule has 42 heavy (non-hydrogen) atoms. The first-order valence-corrected chi connectivity index (χ1v) is 13.6. The molecule has 1 amide bonds. The van der Waals surface area contributed by atoms with Gasteiger partial charge < -0.3 is 20.1 Å². The number of nitrogens with one attached hydrogen (secondary N) is 2. The van der Waals surface area contributed by atoms with Crippen molar-refractivity contribution in [3.8, 4) is 11.1 Å². The number of carbonyl (C=O) groups is 3. The van der Waals surface area contributed by atoms with E-state index in [1.807, 2.05) is 54.6 Å². The quantitative estimate of drug-likeness (QED) is 0.213. The van der Waals surface area contributed by atoms with E-state index in [1.54, 1.807) is 30.3 Å². The van der Waals surface area contributed by atoms with E-state index in [4.69, 9.17) is 12.2 Å². The SMILES string of the molecule is COC(=O)CNC(=O)c1ccccc1-c1ccccc1C(=S)NCC(=O)OC.Cc1ccccc1.Cc1ccccc1. The van der Waals surface area contributed by atoms with Crippen molar-refractivity contribution in [2.45, 2.75) is 13.8 Å². The Balaban J connectivity index is 0.000000354. The minimum atomic E-state index is -0.542. The molecule has 4 aromatic carbocycles. The second-order valence-electron chi connectivity index (χ2n) is 8.92. The first kappa shape index (κ1) is 33.4. The summed E-state index contributed by atoms with van der Waals surface area (Å²) in [5.74, 6) is -1.40. The van der Waals surface area contributed by atoms with Gasteiger partial charge in [-0.15, -0.1) is 0 Å². The lowest BCUT2D eigenvalue weighted by Gasteiger charge is -2.15. The molecule has 0 atom stereocenters. The van der Waals surface area contributed by atoms with Gasteiger partial charge in [-0.2, -0.15) is 0 Å². The van der Waals surface area contributed by atoms with Crippen LogP contribution in [0.25, 0.3) is 11.1 Å². The molecular weight excluding hydrogens is 548 g/mol. The number of aryl methyl sites for hydroxylation is 2. The van der Waals surface area contributed by atoms with Gasteiger partial charge in [-0.05, 0) is 31.0 Å². The molecule has 0 saturated heterocycles. The van der Waals surface area contributed by atoms with Crippen LogP contribution in [0.1, 0.15) is 27.0 Å². The molecule has 0 aliphatic carbocycles. The molecule has 2 N–H and O–H groups in total. The highest BCUT2D eigenvalue weighted by atomic mass is 32.1. The van der Waals surface area contributed by atoms with E-state index in [0.717, 1.165) is 0 Å². The number of esters is 2. The van der Waals surface area contributed by atoms with Crippen LogP contribution in [0.4, 0.5) is 0 Å². The Kier molecular flexibility index (Phi) is 14.7. The Morgan fingerprint density at radius 1 is 0.571 bits per heavy atom. The predicted molar refractivity (Wildman–Crippen MR) is 170 cm³/mol. The highest BCUT2D eigenvalue weighted by Gasteiger charge is 2.17. The van der Waals surface area contributed by atoms with Crippen LogP contribution in [0.5, 0.6) is 0 Å². The van der Waals surface area contributed by atoms with Crippen molar-refractivity contribution in [1.29, 1.82) is 0 Å². The maximum absolute atomic E-state index is 12.6. The summed E-state index contributed by atoms with van der Waals surface area (Å²) in [5.41, 5.74) is 5.05. The van der Waals surface area contributed by atoms with Gasteiger partial charge in [0.2, 0.25) is 0 Å². The highest BCUT2D eigenvalue weighted by Crippen LogP contribution is 2.27. The summed E-state index contributed by atoms with van der Waals surface area (Å²) in [5, 5.41) is 5.38. The van der Waals surface area contributed by atoms with Gasteiger partial charge in [-0.3, -0.25) is 14.4 Å². The summed E-state index contributed by atoms with van der Waals surface area (Å²) in [7, 11) is 2.55. The maximum atomic E-state index is 12.6. The third-order valence-corrected chi connectivity index (χ3v) is 6.12. The Bertz CT molecular complexity index is 1330. The van der Waals surface area contributed by atoms with Gasteiger partial charge in [0, 0.05) is 11.1 Å². The number of amides is 1. The second-order valence-corrected chi connectivity index (χ2v) is 9.33. The van der Waals surface area contributed by atoms with Crippen LogP contribution in [0.15, 0.2) is 109 Å².